The lowest BCUT2D eigenvalue weighted by Gasteiger charge is -2.32. The molecule has 6 heteroatoms. The van der Waals surface area contributed by atoms with Crippen LogP contribution in [-0.2, 0) is 4.79 Å². The van der Waals surface area contributed by atoms with Crippen molar-refractivity contribution in [2.75, 3.05) is 23.0 Å². The van der Waals surface area contributed by atoms with Crippen LogP contribution in [0.3, 0.4) is 0 Å². The number of aliphatic hydroxyl groups excluding tert-OH is 1. The fourth-order valence-electron chi connectivity index (χ4n) is 1.70. The van der Waals surface area contributed by atoms with Crippen LogP contribution < -0.4 is 21.1 Å². The molecule has 19 heavy (non-hydrogen) atoms. The van der Waals surface area contributed by atoms with Gasteiger partial charge in [-0.2, -0.15) is 0 Å². The summed E-state index contributed by atoms with van der Waals surface area (Å²) in [5.41, 5.74) is 7.14. The number of benzene rings is 1. The van der Waals surface area contributed by atoms with Gasteiger partial charge in [0.2, 0.25) is 0 Å². The fraction of sp³-hybridized carbons (Fsp3) is 0.462. The first-order valence-electron chi connectivity index (χ1n) is 6.12. The number of nitrogens with one attached hydrogen (secondary N) is 2. The molecule has 0 saturated heterocycles. The van der Waals surface area contributed by atoms with Crippen molar-refractivity contribution in [1.29, 1.82) is 0 Å². The lowest BCUT2D eigenvalue weighted by Crippen LogP contribution is -2.42. The maximum Gasteiger partial charge on any atom is 0.262 e. The topological polar surface area (TPSA) is 96.6 Å². The highest BCUT2D eigenvalue weighted by atomic mass is 16.5. The van der Waals surface area contributed by atoms with Crippen LogP contribution in [0.4, 0.5) is 17.1 Å². The first-order chi connectivity index (χ1) is 8.79. The predicted molar refractivity (Wildman–Crippen MR) is 74.4 cm³/mol. The number of aliphatic hydroxyl groups is 1. The van der Waals surface area contributed by atoms with Crippen LogP contribution in [-0.4, -0.2) is 29.3 Å². The molecule has 1 aliphatic rings. The van der Waals surface area contributed by atoms with Gasteiger partial charge in [-0.1, -0.05) is 0 Å². The number of anilines is 3. The summed E-state index contributed by atoms with van der Waals surface area (Å²) >= 11 is 0. The molecule has 1 aromatic carbocycles. The number of ether oxygens (including phenoxy) is 1. The van der Waals surface area contributed by atoms with Gasteiger partial charge in [-0.15, -0.1) is 0 Å². The van der Waals surface area contributed by atoms with Gasteiger partial charge in [0.05, 0.1) is 28.7 Å². The van der Waals surface area contributed by atoms with E-state index < -0.39 is 11.6 Å². The third kappa shape index (κ3) is 2.73. The summed E-state index contributed by atoms with van der Waals surface area (Å²) < 4.78 is 5.28. The molecule has 0 aliphatic carbocycles. The van der Waals surface area contributed by atoms with Crippen LogP contribution in [0.25, 0.3) is 0 Å². The second kappa shape index (κ2) is 4.62. The van der Waals surface area contributed by atoms with Gasteiger partial charge in [0.1, 0.15) is 5.75 Å². The van der Waals surface area contributed by atoms with Crippen LogP contribution >= 0.6 is 0 Å². The third-order valence-electron chi connectivity index (χ3n) is 3.29. The largest absolute Gasteiger partial charge is 0.482 e. The highest BCUT2D eigenvalue weighted by Crippen LogP contribution is 2.36. The molecule has 1 atom stereocenters. The fourth-order valence-corrected chi connectivity index (χ4v) is 1.70. The van der Waals surface area contributed by atoms with Crippen molar-refractivity contribution in [1.82, 2.24) is 0 Å². The molecule has 5 N–H and O–H groups in total. The first-order valence-corrected chi connectivity index (χ1v) is 6.12. The molecule has 6 nitrogen and oxygen atoms in total. The maximum atomic E-state index is 11.3. The number of amides is 1. The molecule has 0 bridgehead atoms. The zero-order valence-corrected chi connectivity index (χ0v) is 11.3. The normalized spacial score (nSPS) is 16.1. The van der Waals surface area contributed by atoms with Gasteiger partial charge < -0.3 is 26.2 Å². The summed E-state index contributed by atoms with van der Waals surface area (Å²) in [6.07, 6.45) is -0.561. The Hall–Kier alpha value is -1.95. The highest BCUT2D eigenvalue weighted by Gasteiger charge is 2.26. The summed E-state index contributed by atoms with van der Waals surface area (Å²) in [6, 6.07) is 3.38. The minimum atomic E-state index is -0.561. The molecule has 0 radical (unpaired) electrons. The summed E-state index contributed by atoms with van der Waals surface area (Å²) in [5, 5.41) is 15.6. The number of carbonyl (C=O) groups is 1. The highest BCUT2D eigenvalue weighted by molar-refractivity contribution is 5.97. The second-order valence-corrected chi connectivity index (χ2v) is 5.30. The molecule has 1 aromatic rings. The van der Waals surface area contributed by atoms with Gasteiger partial charge in [0.15, 0.2) is 6.61 Å². The van der Waals surface area contributed by atoms with Crippen molar-refractivity contribution in [2.24, 2.45) is 0 Å². The Morgan fingerprint density at radius 2 is 2.21 bits per heavy atom. The van der Waals surface area contributed by atoms with E-state index in [0.29, 0.717) is 22.8 Å². The standard InChI is InChI=1S/C13H19N3O3/c1-7(17)13(2,3)16-9-5-10-11(4-8(9)14)19-6-12(18)15-10/h4-5,7,16-17H,6,14H2,1-3H3,(H,15,18). The first kappa shape index (κ1) is 13.5. The maximum absolute atomic E-state index is 11.3. The number of nitrogens with two attached hydrogens (primary N) is 1. The van der Waals surface area contributed by atoms with Crippen LogP contribution in [0, 0.1) is 0 Å². The van der Waals surface area contributed by atoms with Crippen molar-refractivity contribution in [3.05, 3.63) is 12.1 Å². The van der Waals surface area contributed by atoms with Crippen molar-refractivity contribution in [3.8, 4) is 5.75 Å². The Bertz CT molecular complexity index is 512. The minimum absolute atomic E-state index is 0.00160. The van der Waals surface area contributed by atoms with Crippen LogP contribution in [0.1, 0.15) is 20.8 Å². The van der Waals surface area contributed by atoms with E-state index in [1.54, 1.807) is 19.1 Å². The lowest BCUT2D eigenvalue weighted by molar-refractivity contribution is -0.118. The SMILES string of the molecule is CC(O)C(C)(C)Nc1cc2c(cc1N)OCC(=O)N2. The van der Waals surface area contributed by atoms with E-state index in [1.807, 2.05) is 13.8 Å². The zero-order valence-electron chi connectivity index (χ0n) is 11.3. The summed E-state index contributed by atoms with van der Waals surface area (Å²) in [7, 11) is 0. The molecule has 0 saturated carbocycles. The monoisotopic (exact) mass is 265 g/mol. The average Bonchev–Trinajstić information content (AvgIpc) is 2.30. The molecule has 1 heterocycles. The van der Waals surface area contributed by atoms with Gasteiger partial charge in [-0.05, 0) is 26.8 Å². The van der Waals surface area contributed by atoms with Gasteiger partial charge in [-0.3, -0.25) is 4.79 Å². The lowest BCUT2D eigenvalue weighted by atomic mass is 9.98. The van der Waals surface area contributed by atoms with Crippen molar-refractivity contribution < 1.29 is 14.6 Å². The van der Waals surface area contributed by atoms with E-state index in [0.717, 1.165) is 0 Å². The number of hydrogen-bond donors (Lipinski definition) is 4. The van der Waals surface area contributed by atoms with Gasteiger partial charge in [0, 0.05) is 6.07 Å². The Morgan fingerprint density at radius 1 is 1.53 bits per heavy atom. The number of nitrogen functional groups attached to an aromatic ring is 1. The van der Waals surface area contributed by atoms with Crippen LogP contribution in [0.15, 0.2) is 12.1 Å². The smallest absolute Gasteiger partial charge is 0.262 e. The van der Waals surface area contributed by atoms with Crippen molar-refractivity contribution in [3.63, 3.8) is 0 Å². The van der Waals surface area contributed by atoms with E-state index in [9.17, 15) is 9.90 Å². The third-order valence-corrected chi connectivity index (χ3v) is 3.29. The molecule has 0 aromatic heterocycles. The summed E-state index contributed by atoms with van der Waals surface area (Å²) in [4.78, 5) is 11.3. The predicted octanol–water partition coefficient (Wildman–Crippen LogP) is 1.17. The molecule has 1 amide bonds. The van der Waals surface area contributed by atoms with Gasteiger partial charge in [-0.25, -0.2) is 0 Å². The zero-order chi connectivity index (χ0) is 14.2. The molecule has 2 rings (SSSR count). The van der Waals surface area contributed by atoms with Gasteiger partial charge >= 0.3 is 0 Å². The van der Waals surface area contributed by atoms with Crippen molar-refractivity contribution >= 4 is 23.0 Å². The van der Waals surface area contributed by atoms with E-state index in [2.05, 4.69) is 10.6 Å². The molecule has 1 aliphatic heterocycles. The molecule has 0 fully saturated rings. The Labute approximate surface area is 111 Å². The Balaban J connectivity index is 2.32. The van der Waals surface area contributed by atoms with E-state index in [1.165, 1.54) is 0 Å². The van der Waals surface area contributed by atoms with E-state index >= 15 is 0 Å². The molecule has 1 unspecified atom stereocenters. The second-order valence-electron chi connectivity index (χ2n) is 5.30. The molecular weight excluding hydrogens is 246 g/mol. The Morgan fingerprint density at radius 3 is 2.84 bits per heavy atom. The summed E-state index contributed by atoms with van der Waals surface area (Å²) in [6.45, 7) is 5.43. The van der Waals surface area contributed by atoms with Crippen molar-refractivity contribution in [2.45, 2.75) is 32.4 Å². The molecule has 104 valence electrons. The number of fused-ring (bicyclic) bond motifs is 1. The quantitative estimate of drug-likeness (QED) is 0.615. The average molecular weight is 265 g/mol. The van der Waals surface area contributed by atoms with Crippen LogP contribution in [0.2, 0.25) is 0 Å². The van der Waals surface area contributed by atoms with E-state index in [-0.39, 0.29) is 12.5 Å². The number of hydrogen-bond acceptors (Lipinski definition) is 5. The Kier molecular flexibility index (Phi) is 3.28. The molecule has 0 spiro atoms. The number of rotatable bonds is 3. The summed E-state index contributed by atoms with van der Waals surface area (Å²) in [5.74, 6) is 0.357. The molecular formula is C13H19N3O3. The van der Waals surface area contributed by atoms with Crippen LogP contribution in [0.5, 0.6) is 5.75 Å². The number of carbonyl (C=O) groups excluding carboxylic acids is 1. The van der Waals surface area contributed by atoms with Gasteiger partial charge in [0.25, 0.3) is 5.91 Å². The van der Waals surface area contributed by atoms with E-state index in [4.69, 9.17) is 10.5 Å². The minimum Gasteiger partial charge on any atom is -0.482 e.